The van der Waals surface area contributed by atoms with Gasteiger partial charge in [0, 0.05) is 12.1 Å². The summed E-state index contributed by atoms with van der Waals surface area (Å²) in [6.07, 6.45) is 0.654. The smallest absolute Gasteiger partial charge is 0.239 e. The summed E-state index contributed by atoms with van der Waals surface area (Å²) in [4.78, 5) is 23.5. The molecule has 1 aromatic rings. The highest BCUT2D eigenvalue weighted by atomic mass is 16.2. The van der Waals surface area contributed by atoms with Crippen LogP contribution in [0.25, 0.3) is 0 Å². The topological polar surface area (TPSA) is 82.3 Å². The van der Waals surface area contributed by atoms with Crippen LogP contribution in [-0.4, -0.2) is 30.4 Å². The van der Waals surface area contributed by atoms with Gasteiger partial charge in [-0.1, -0.05) is 30.3 Å². The average molecular weight is 290 g/mol. The number of hydrogen-bond donors (Lipinski definition) is 4. The Morgan fingerprint density at radius 3 is 2.62 bits per heavy atom. The van der Waals surface area contributed by atoms with Gasteiger partial charge in [0.05, 0.1) is 6.54 Å². The van der Waals surface area contributed by atoms with Crippen LogP contribution in [0.15, 0.2) is 30.3 Å². The Hall–Kier alpha value is -1.92. The molecule has 0 saturated carbocycles. The number of benzene rings is 1. The number of hydrogen-bond acceptors (Lipinski definition) is 4. The first-order chi connectivity index (χ1) is 10.1. The zero-order valence-electron chi connectivity index (χ0n) is 12.3. The summed E-state index contributed by atoms with van der Waals surface area (Å²) in [6.45, 7) is 3.77. The number of nitrogens with one attached hydrogen (secondary N) is 4. The quantitative estimate of drug-likeness (QED) is 0.626. The molecule has 1 aliphatic rings. The van der Waals surface area contributed by atoms with Crippen molar-refractivity contribution >= 4 is 11.8 Å². The summed E-state index contributed by atoms with van der Waals surface area (Å²) in [7, 11) is 0. The molecule has 0 bridgehead atoms. The number of carbonyl (C=O) groups excluding carboxylic acids is 2. The second-order valence-corrected chi connectivity index (χ2v) is 5.48. The predicted octanol–water partition coefficient (Wildman–Crippen LogP) is 0.235. The molecule has 1 aliphatic heterocycles. The minimum absolute atomic E-state index is 0.00516. The third-order valence-corrected chi connectivity index (χ3v) is 3.29. The van der Waals surface area contributed by atoms with Crippen molar-refractivity contribution in [3.8, 4) is 0 Å². The first kappa shape index (κ1) is 15.5. The highest BCUT2D eigenvalue weighted by Crippen LogP contribution is 2.21. The number of hydrazine groups is 1. The maximum atomic E-state index is 12.0. The maximum Gasteiger partial charge on any atom is 0.239 e. The lowest BCUT2D eigenvalue weighted by molar-refractivity contribution is -0.127. The zero-order chi connectivity index (χ0) is 15.2. The summed E-state index contributed by atoms with van der Waals surface area (Å²) >= 11 is 0. The van der Waals surface area contributed by atoms with Gasteiger partial charge in [-0.25, -0.2) is 10.9 Å². The first-order valence-electron chi connectivity index (χ1n) is 7.19. The minimum atomic E-state index is -0.331. The Labute approximate surface area is 124 Å². The van der Waals surface area contributed by atoms with Gasteiger partial charge in [0.25, 0.3) is 0 Å². The molecule has 2 amide bonds. The van der Waals surface area contributed by atoms with Crippen LogP contribution >= 0.6 is 0 Å². The summed E-state index contributed by atoms with van der Waals surface area (Å²) in [5, 5.41) is 5.38. The Balaban J connectivity index is 1.79. The van der Waals surface area contributed by atoms with Crippen molar-refractivity contribution in [2.45, 2.75) is 38.4 Å². The number of rotatable bonds is 5. The van der Waals surface area contributed by atoms with Crippen molar-refractivity contribution in [3.05, 3.63) is 35.9 Å². The molecule has 1 aromatic carbocycles. The van der Waals surface area contributed by atoms with Crippen molar-refractivity contribution in [2.24, 2.45) is 0 Å². The van der Waals surface area contributed by atoms with E-state index in [0.29, 0.717) is 6.42 Å². The fourth-order valence-corrected chi connectivity index (χ4v) is 2.30. The van der Waals surface area contributed by atoms with E-state index in [1.807, 2.05) is 44.2 Å². The van der Waals surface area contributed by atoms with Gasteiger partial charge in [0.1, 0.15) is 6.04 Å². The van der Waals surface area contributed by atoms with Crippen LogP contribution in [0.4, 0.5) is 0 Å². The molecule has 6 heteroatoms. The molecule has 21 heavy (non-hydrogen) atoms. The lowest BCUT2D eigenvalue weighted by atomic mass is 10.0. The van der Waals surface area contributed by atoms with Crippen LogP contribution in [0.1, 0.15) is 31.9 Å². The van der Waals surface area contributed by atoms with Crippen LogP contribution in [0, 0.1) is 0 Å². The molecule has 1 saturated heterocycles. The molecule has 2 rings (SSSR count). The molecular formula is C15H22N4O2. The lowest BCUT2D eigenvalue weighted by Crippen LogP contribution is -2.47. The number of carbonyl (C=O) groups is 2. The summed E-state index contributed by atoms with van der Waals surface area (Å²) in [5.74, 6) is -0.344. The van der Waals surface area contributed by atoms with Crippen molar-refractivity contribution in [1.82, 2.24) is 21.5 Å². The van der Waals surface area contributed by atoms with Crippen LogP contribution in [0.3, 0.4) is 0 Å². The molecule has 0 aromatic heterocycles. The summed E-state index contributed by atoms with van der Waals surface area (Å²) in [5.41, 5.74) is 7.22. The van der Waals surface area contributed by atoms with E-state index in [-0.39, 0.29) is 36.5 Å². The predicted molar refractivity (Wildman–Crippen MR) is 80.1 cm³/mol. The SMILES string of the molecule is CC(C)NC(=O)CNC(=O)C1CC(c2ccccc2)NN1. The third kappa shape index (κ3) is 4.54. The van der Waals surface area contributed by atoms with Crippen molar-refractivity contribution in [3.63, 3.8) is 0 Å². The van der Waals surface area contributed by atoms with Gasteiger partial charge < -0.3 is 10.6 Å². The Morgan fingerprint density at radius 1 is 1.24 bits per heavy atom. The van der Waals surface area contributed by atoms with E-state index in [2.05, 4.69) is 21.5 Å². The van der Waals surface area contributed by atoms with E-state index in [0.717, 1.165) is 5.56 Å². The van der Waals surface area contributed by atoms with E-state index < -0.39 is 0 Å². The molecule has 2 atom stereocenters. The van der Waals surface area contributed by atoms with Gasteiger partial charge in [0.2, 0.25) is 11.8 Å². The third-order valence-electron chi connectivity index (χ3n) is 3.29. The van der Waals surface area contributed by atoms with Crippen LogP contribution in [-0.2, 0) is 9.59 Å². The van der Waals surface area contributed by atoms with Gasteiger partial charge in [-0.05, 0) is 25.8 Å². The second kappa shape index (κ2) is 7.19. The molecule has 114 valence electrons. The number of amides is 2. The molecule has 0 aliphatic carbocycles. The van der Waals surface area contributed by atoms with Gasteiger partial charge >= 0.3 is 0 Å². The molecule has 1 heterocycles. The van der Waals surface area contributed by atoms with Gasteiger partial charge in [-0.15, -0.1) is 0 Å². The molecule has 0 spiro atoms. The normalized spacial score (nSPS) is 21.3. The van der Waals surface area contributed by atoms with E-state index in [1.165, 1.54) is 0 Å². The average Bonchev–Trinajstić information content (AvgIpc) is 2.95. The van der Waals surface area contributed by atoms with Crippen molar-refractivity contribution in [2.75, 3.05) is 6.54 Å². The minimum Gasteiger partial charge on any atom is -0.352 e. The highest BCUT2D eigenvalue weighted by Gasteiger charge is 2.29. The lowest BCUT2D eigenvalue weighted by Gasteiger charge is -2.12. The Morgan fingerprint density at radius 2 is 1.95 bits per heavy atom. The van der Waals surface area contributed by atoms with Gasteiger partial charge in [0.15, 0.2) is 0 Å². The zero-order valence-corrected chi connectivity index (χ0v) is 12.3. The van der Waals surface area contributed by atoms with E-state index >= 15 is 0 Å². The van der Waals surface area contributed by atoms with Crippen molar-refractivity contribution in [1.29, 1.82) is 0 Å². The molecular weight excluding hydrogens is 268 g/mol. The Bertz CT molecular complexity index is 490. The molecule has 6 nitrogen and oxygen atoms in total. The fraction of sp³-hybridized carbons (Fsp3) is 0.467. The van der Waals surface area contributed by atoms with E-state index in [9.17, 15) is 9.59 Å². The highest BCUT2D eigenvalue weighted by molar-refractivity contribution is 5.87. The molecule has 0 radical (unpaired) electrons. The standard InChI is InChI=1S/C15H22N4O2/c1-10(2)17-14(20)9-16-15(21)13-8-12(18-19-13)11-6-4-3-5-7-11/h3-7,10,12-13,18-19H,8-9H2,1-2H3,(H,16,21)(H,17,20). The molecule has 1 fully saturated rings. The fourth-order valence-electron chi connectivity index (χ4n) is 2.30. The van der Waals surface area contributed by atoms with Crippen LogP contribution in [0.2, 0.25) is 0 Å². The van der Waals surface area contributed by atoms with Crippen molar-refractivity contribution < 1.29 is 9.59 Å². The summed E-state index contributed by atoms with van der Waals surface area (Å²) in [6, 6.07) is 9.80. The van der Waals surface area contributed by atoms with Crippen LogP contribution < -0.4 is 21.5 Å². The first-order valence-corrected chi connectivity index (χ1v) is 7.19. The van der Waals surface area contributed by atoms with Gasteiger partial charge in [-0.2, -0.15) is 0 Å². The second-order valence-electron chi connectivity index (χ2n) is 5.48. The van der Waals surface area contributed by atoms with Crippen LogP contribution in [0.5, 0.6) is 0 Å². The largest absolute Gasteiger partial charge is 0.352 e. The summed E-state index contributed by atoms with van der Waals surface area (Å²) < 4.78 is 0. The van der Waals surface area contributed by atoms with Gasteiger partial charge in [-0.3, -0.25) is 9.59 Å². The van der Waals surface area contributed by atoms with E-state index in [1.54, 1.807) is 0 Å². The molecule has 2 unspecified atom stereocenters. The molecule has 4 N–H and O–H groups in total. The monoisotopic (exact) mass is 290 g/mol. The van der Waals surface area contributed by atoms with E-state index in [4.69, 9.17) is 0 Å². The Kier molecular flexibility index (Phi) is 5.30. The maximum absolute atomic E-state index is 12.0.